The maximum atomic E-state index is 13.5. The number of ether oxygens (including phenoxy) is 1. The Morgan fingerprint density at radius 1 is 1.23 bits per heavy atom. The highest BCUT2D eigenvalue weighted by Crippen LogP contribution is 2.36. The van der Waals surface area contributed by atoms with Crippen molar-refractivity contribution in [3.05, 3.63) is 48.0 Å². The largest absolute Gasteiger partial charge is 0.487 e. The van der Waals surface area contributed by atoms with Crippen LogP contribution in [-0.4, -0.2) is 68.7 Å². The second-order valence-electron chi connectivity index (χ2n) is 8.35. The molecule has 3 rings (SSSR count). The lowest BCUT2D eigenvalue weighted by Crippen LogP contribution is -2.49. The summed E-state index contributed by atoms with van der Waals surface area (Å²) in [7, 11) is 0.0476. The summed E-state index contributed by atoms with van der Waals surface area (Å²) in [5.74, 6) is 0.216. The molecule has 1 aliphatic rings. The van der Waals surface area contributed by atoms with Crippen molar-refractivity contribution in [3.8, 4) is 22.9 Å². The van der Waals surface area contributed by atoms with Gasteiger partial charge in [0.15, 0.2) is 0 Å². The minimum absolute atomic E-state index is 0.0853. The summed E-state index contributed by atoms with van der Waals surface area (Å²) in [6.07, 6.45) is -0.228. The second kappa shape index (κ2) is 9.37. The summed E-state index contributed by atoms with van der Waals surface area (Å²) >= 11 is 0. The number of sulfonamides is 1. The van der Waals surface area contributed by atoms with Gasteiger partial charge in [-0.1, -0.05) is 25.1 Å². The molecule has 0 radical (unpaired) electrons. The van der Waals surface area contributed by atoms with Gasteiger partial charge in [-0.05, 0) is 56.4 Å². The minimum Gasteiger partial charge on any atom is -0.487 e. The zero-order valence-electron chi connectivity index (χ0n) is 18.3. The maximum Gasteiger partial charge on any atom is 0.247 e. The lowest BCUT2D eigenvalue weighted by atomic mass is 10.0. The third-order valence-electron chi connectivity index (χ3n) is 5.56. The van der Waals surface area contributed by atoms with Crippen LogP contribution in [-0.2, 0) is 10.0 Å². The van der Waals surface area contributed by atoms with Gasteiger partial charge in [0, 0.05) is 25.0 Å². The third-order valence-corrected chi connectivity index (χ3v) is 7.58. The van der Waals surface area contributed by atoms with Crippen molar-refractivity contribution in [2.75, 3.05) is 33.8 Å². The minimum atomic E-state index is -3.86. The van der Waals surface area contributed by atoms with Gasteiger partial charge < -0.3 is 14.7 Å². The van der Waals surface area contributed by atoms with E-state index in [1.807, 2.05) is 38.1 Å². The molecule has 3 atom stereocenters. The Hall–Kier alpha value is -2.44. The highest BCUT2D eigenvalue weighted by molar-refractivity contribution is 7.89. The van der Waals surface area contributed by atoms with Crippen molar-refractivity contribution in [2.45, 2.75) is 30.9 Å². The van der Waals surface area contributed by atoms with Crippen molar-refractivity contribution in [3.63, 3.8) is 0 Å². The summed E-state index contributed by atoms with van der Waals surface area (Å²) < 4.78 is 34.6. The first-order valence-corrected chi connectivity index (χ1v) is 11.7. The van der Waals surface area contributed by atoms with E-state index in [1.165, 1.54) is 4.31 Å². The molecule has 2 aromatic carbocycles. The van der Waals surface area contributed by atoms with Crippen LogP contribution in [0.1, 0.15) is 19.4 Å². The molecule has 0 amide bonds. The normalized spacial score (nSPS) is 22.0. The van der Waals surface area contributed by atoms with Gasteiger partial charge in [0.05, 0.1) is 18.2 Å². The first-order valence-electron chi connectivity index (χ1n) is 10.3. The molecule has 0 saturated carbocycles. The van der Waals surface area contributed by atoms with Crippen LogP contribution in [0, 0.1) is 17.2 Å². The van der Waals surface area contributed by atoms with Crippen molar-refractivity contribution in [1.82, 2.24) is 9.21 Å². The summed E-state index contributed by atoms with van der Waals surface area (Å²) in [5, 5.41) is 18.7. The SMILES string of the molecule is C[C@H](CO)N1C[C@H](C)[C@H](CN(C)C)Oc2cc(-c3ccc(C#N)cc3)ccc2S1(=O)=O. The number of benzene rings is 2. The summed E-state index contributed by atoms with van der Waals surface area (Å²) in [6.45, 7) is 4.31. The Morgan fingerprint density at radius 2 is 1.87 bits per heavy atom. The van der Waals surface area contributed by atoms with E-state index in [0.29, 0.717) is 17.9 Å². The lowest BCUT2D eigenvalue weighted by Gasteiger charge is -2.37. The van der Waals surface area contributed by atoms with Crippen LogP contribution in [0.2, 0.25) is 0 Å². The fourth-order valence-electron chi connectivity index (χ4n) is 3.72. The molecule has 1 N–H and O–H groups in total. The predicted molar refractivity (Wildman–Crippen MR) is 119 cm³/mol. The Kier molecular flexibility index (Phi) is 7.02. The molecule has 0 fully saturated rings. The van der Waals surface area contributed by atoms with Gasteiger partial charge in [0.25, 0.3) is 0 Å². The van der Waals surface area contributed by atoms with Crippen LogP contribution in [0.15, 0.2) is 47.4 Å². The average Bonchev–Trinajstić information content (AvgIpc) is 2.75. The zero-order chi connectivity index (χ0) is 22.8. The van der Waals surface area contributed by atoms with E-state index < -0.39 is 16.1 Å². The maximum absolute atomic E-state index is 13.5. The number of nitrogens with zero attached hydrogens (tertiary/aromatic N) is 3. The molecule has 8 heteroatoms. The highest BCUT2D eigenvalue weighted by Gasteiger charge is 2.37. The van der Waals surface area contributed by atoms with E-state index in [9.17, 15) is 13.5 Å². The molecule has 7 nitrogen and oxygen atoms in total. The van der Waals surface area contributed by atoms with Crippen molar-refractivity contribution >= 4 is 10.0 Å². The second-order valence-corrected chi connectivity index (χ2v) is 10.2. The van der Waals surface area contributed by atoms with Crippen LogP contribution in [0.5, 0.6) is 5.75 Å². The first-order chi connectivity index (χ1) is 14.7. The average molecular weight is 444 g/mol. The van der Waals surface area contributed by atoms with Crippen molar-refractivity contribution < 1.29 is 18.3 Å². The molecular weight excluding hydrogens is 414 g/mol. The third kappa shape index (κ3) is 4.91. The van der Waals surface area contributed by atoms with Crippen molar-refractivity contribution in [2.24, 2.45) is 5.92 Å². The van der Waals surface area contributed by atoms with E-state index in [1.54, 1.807) is 37.3 Å². The number of hydrogen-bond acceptors (Lipinski definition) is 6. The summed E-state index contributed by atoms with van der Waals surface area (Å²) in [6, 6.07) is 13.7. The standard InChI is InChI=1S/C23H29N3O4S/c1-16-13-26(17(2)15-27)31(28,29)23-10-9-20(19-7-5-18(12-24)6-8-19)11-21(23)30-22(16)14-25(3)4/h5-11,16-17,22,27H,13-15H2,1-4H3/t16-,17+,22-/m0/s1. The first kappa shape index (κ1) is 23.2. The van der Waals surface area contributed by atoms with Gasteiger partial charge in [-0.2, -0.15) is 9.57 Å². The van der Waals surface area contributed by atoms with E-state index in [0.717, 1.165) is 11.1 Å². The molecule has 0 saturated heterocycles. The van der Waals surface area contributed by atoms with Gasteiger partial charge in [-0.25, -0.2) is 8.42 Å². The Balaban J connectivity index is 2.13. The molecule has 0 spiro atoms. The fourth-order valence-corrected chi connectivity index (χ4v) is 5.55. The zero-order valence-corrected chi connectivity index (χ0v) is 19.1. The Morgan fingerprint density at radius 3 is 2.45 bits per heavy atom. The molecule has 2 aromatic rings. The molecule has 0 aromatic heterocycles. The van der Waals surface area contributed by atoms with Gasteiger partial charge in [-0.15, -0.1) is 0 Å². The number of hydrogen-bond donors (Lipinski definition) is 1. The topological polar surface area (TPSA) is 93.9 Å². The number of aliphatic hydroxyl groups is 1. The van der Waals surface area contributed by atoms with Crippen molar-refractivity contribution in [1.29, 1.82) is 5.26 Å². The number of likely N-dealkylation sites (N-methyl/N-ethyl adjacent to an activating group) is 1. The molecule has 166 valence electrons. The summed E-state index contributed by atoms with van der Waals surface area (Å²) in [4.78, 5) is 2.11. The van der Waals surface area contributed by atoms with Crippen LogP contribution in [0.3, 0.4) is 0 Å². The molecule has 0 bridgehead atoms. The van der Waals surface area contributed by atoms with Gasteiger partial charge >= 0.3 is 0 Å². The molecule has 1 aliphatic heterocycles. The molecule has 0 aliphatic carbocycles. The number of nitriles is 1. The van der Waals surface area contributed by atoms with E-state index in [-0.39, 0.29) is 30.1 Å². The molecule has 31 heavy (non-hydrogen) atoms. The quantitative estimate of drug-likeness (QED) is 0.763. The van der Waals surface area contributed by atoms with Gasteiger partial charge in [0.2, 0.25) is 10.0 Å². The van der Waals surface area contributed by atoms with Gasteiger partial charge in [0.1, 0.15) is 16.7 Å². The van der Waals surface area contributed by atoms with Crippen LogP contribution in [0.25, 0.3) is 11.1 Å². The Bertz CT molecular complexity index is 1060. The Labute approximate surface area is 184 Å². The smallest absolute Gasteiger partial charge is 0.247 e. The van der Waals surface area contributed by atoms with E-state index >= 15 is 0 Å². The summed E-state index contributed by atoms with van der Waals surface area (Å²) in [5.41, 5.74) is 2.22. The van der Waals surface area contributed by atoms with Crippen LogP contribution < -0.4 is 4.74 Å². The predicted octanol–water partition coefficient (Wildman–Crippen LogP) is 2.56. The fraction of sp³-hybridized carbons (Fsp3) is 0.435. The molecule has 0 unspecified atom stereocenters. The highest BCUT2D eigenvalue weighted by atomic mass is 32.2. The van der Waals surface area contributed by atoms with E-state index in [2.05, 4.69) is 6.07 Å². The number of fused-ring (bicyclic) bond motifs is 1. The molecular formula is C23H29N3O4S. The lowest BCUT2D eigenvalue weighted by molar-refractivity contribution is 0.0813. The van der Waals surface area contributed by atoms with Gasteiger partial charge in [-0.3, -0.25) is 0 Å². The monoisotopic (exact) mass is 443 g/mol. The van der Waals surface area contributed by atoms with E-state index in [4.69, 9.17) is 10.00 Å². The van der Waals surface area contributed by atoms with Crippen LogP contribution >= 0.6 is 0 Å². The van der Waals surface area contributed by atoms with Crippen LogP contribution in [0.4, 0.5) is 0 Å². The molecule has 1 heterocycles. The number of rotatable bonds is 5. The number of aliphatic hydroxyl groups excluding tert-OH is 1.